The molecule has 0 N–H and O–H groups in total. The zero-order chi connectivity index (χ0) is 19.4. The molecule has 0 radical (unpaired) electrons. The smallest absolute Gasteiger partial charge is 0.327 e. The van der Waals surface area contributed by atoms with Crippen LogP contribution in [0.15, 0.2) is 93.5 Å². The Bertz CT molecular complexity index is 904. The largest absolute Gasteiger partial charge is 0.426 e. The normalized spacial score (nSPS) is 12.4. The molecule has 0 fully saturated rings. The van der Waals surface area contributed by atoms with E-state index >= 15 is 0 Å². The summed E-state index contributed by atoms with van der Waals surface area (Å²) in [4.78, 5) is 15.8. The van der Waals surface area contributed by atoms with Crippen LogP contribution in [0.1, 0.15) is 13.8 Å². The van der Waals surface area contributed by atoms with Crippen molar-refractivity contribution in [1.29, 1.82) is 0 Å². The second kappa shape index (κ2) is 8.80. The number of halogens is 2. The minimum absolute atomic E-state index is 0.214. The van der Waals surface area contributed by atoms with Crippen molar-refractivity contribution in [2.75, 3.05) is 0 Å². The van der Waals surface area contributed by atoms with E-state index in [2.05, 4.69) is 87.1 Å². The van der Waals surface area contributed by atoms with Crippen molar-refractivity contribution in [2.24, 2.45) is 0 Å². The van der Waals surface area contributed by atoms with Crippen LogP contribution in [0.2, 0.25) is 0 Å². The number of hydrogen-bond donors (Lipinski definition) is 0. The van der Waals surface area contributed by atoms with Crippen molar-refractivity contribution < 1.29 is 9.53 Å². The molecule has 0 spiro atoms. The van der Waals surface area contributed by atoms with Crippen LogP contribution in [0.5, 0.6) is 5.75 Å². The van der Waals surface area contributed by atoms with Crippen molar-refractivity contribution >= 4 is 55.4 Å². The standard InChI is InChI=1S/C22H19BrIO2S/c1-22(2,23)21(25)26-17-10-14-20(15-11-17)27(18-6-4-3-5-7-18)19-12-8-16(24)9-13-19/h3-15H,1-2H3/q+1. The van der Waals surface area contributed by atoms with Gasteiger partial charge < -0.3 is 4.74 Å². The van der Waals surface area contributed by atoms with E-state index in [9.17, 15) is 4.79 Å². The average Bonchev–Trinajstić information content (AvgIpc) is 2.65. The third-order valence-corrected chi connectivity index (χ3v) is 7.06. The lowest BCUT2D eigenvalue weighted by atomic mass is 10.2. The second-order valence-corrected chi connectivity index (χ2v) is 11.7. The fraction of sp³-hybridized carbons (Fsp3) is 0.136. The van der Waals surface area contributed by atoms with Crippen molar-refractivity contribution in [2.45, 2.75) is 32.9 Å². The van der Waals surface area contributed by atoms with Gasteiger partial charge in [-0.05, 0) is 97.1 Å². The van der Waals surface area contributed by atoms with Gasteiger partial charge in [0.1, 0.15) is 10.1 Å². The first-order valence-electron chi connectivity index (χ1n) is 8.41. The Morgan fingerprint density at radius 1 is 0.852 bits per heavy atom. The van der Waals surface area contributed by atoms with E-state index in [-0.39, 0.29) is 16.9 Å². The van der Waals surface area contributed by atoms with Crippen LogP contribution >= 0.6 is 38.5 Å². The molecule has 0 saturated heterocycles. The molecule has 0 saturated carbocycles. The van der Waals surface area contributed by atoms with Gasteiger partial charge in [-0.3, -0.25) is 4.79 Å². The Labute approximate surface area is 185 Å². The SMILES string of the molecule is CC(C)(Br)C(=O)Oc1ccc([S+](c2ccccc2)c2ccc(I)cc2)cc1. The van der Waals surface area contributed by atoms with Gasteiger partial charge in [0.15, 0.2) is 14.7 Å². The van der Waals surface area contributed by atoms with Crippen LogP contribution in [0.3, 0.4) is 0 Å². The molecule has 5 heteroatoms. The summed E-state index contributed by atoms with van der Waals surface area (Å²) in [7, 11) is -0.214. The van der Waals surface area contributed by atoms with E-state index in [1.165, 1.54) is 18.3 Å². The van der Waals surface area contributed by atoms with Crippen molar-refractivity contribution in [3.05, 3.63) is 82.4 Å². The van der Waals surface area contributed by atoms with E-state index < -0.39 is 4.32 Å². The predicted octanol–water partition coefficient (Wildman–Crippen LogP) is 6.47. The molecule has 1 atom stereocenters. The number of rotatable bonds is 5. The molecule has 27 heavy (non-hydrogen) atoms. The second-order valence-electron chi connectivity index (χ2n) is 6.41. The van der Waals surface area contributed by atoms with Gasteiger partial charge in [0, 0.05) is 3.57 Å². The summed E-state index contributed by atoms with van der Waals surface area (Å²) in [6, 6.07) is 26.9. The summed E-state index contributed by atoms with van der Waals surface area (Å²) >= 11 is 5.65. The molecule has 0 aromatic heterocycles. The number of carbonyl (C=O) groups is 1. The van der Waals surface area contributed by atoms with Gasteiger partial charge in [-0.1, -0.05) is 34.1 Å². The topological polar surface area (TPSA) is 26.3 Å². The Kier molecular flexibility index (Phi) is 6.65. The van der Waals surface area contributed by atoms with E-state index in [0.29, 0.717) is 5.75 Å². The zero-order valence-electron chi connectivity index (χ0n) is 15.0. The number of alkyl halides is 1. The Morgan fingerprint density at radius 3 is 1.85 bits per heavy atom. The van der Waals surface area contributed by atoms with E-state index in [1.54, 1.807) is 13.8 Å². The molecule has 138 valence electrons. The monoisotopic (exact) mass is 553 g/mol. The summed E-state index contributed by atoms with van der Waals surface area (Å²) < 4.78 is 5.97. The molecule has 0 aliphatic heterocycles. The van der Waals surface area contributed by atoms with Crippen LogP contribution in [-0.4, -0.2) is 10.3 Å². The molecular weight excluding hydrogens is 535 g/mol. The number of hydrogen-bond acceptors (Lipinski definition) is 2. The summed E-state index contributed by atoms with van der Waals surface area (Å²) in [5.74, 6) is 0.241. The average molecular weight is 554 g/mol. The molecule has 1 unspecified atom stereocenters. The quantitative estimate of drug-likeness (QED) is 0.119. The van der Waals surface area contributed by atoms with Crippen LogP contribution in [0.25, 0.3) is 0 Å². The number of ether oxygens (including phenoxy) is 1. The molecule has 0 amide bonds. The minimum Gasteiger partial charge on any atom is -0.426 e. The van der Waals surface area contributed by atoms with Gasteiger partial charge >= 0.3 is 5.97 Å². The summed E-state index contributed by atoms with van der Waals surface area (Å²) in [5.41, 5.74) is 0. The Hall–Kier alpha value is -1.31. The van der Waals surface area contributed by atoms with Gasteiger partial charge in [0.2, 0.25) is 0 Å². The van der Waals surface area contributed by atoms with Crippen LogP contribution in [-0.2, 0) is 15.7 Å². The first kappa shape index (κ1) is 20.4. The zero-order valence-corrected chi connectivity index (χ0v) is 19.5. The van der Waals surface area contributed by atoms with Crippen molar-refractivity contribution in [1.82, 2.24) is 0 Å². The van der Waals surface area contributed by atoms with Crippen molar-refractivity contribution in [3.63, 3.8) is 0 Å². The van der Waals surface area contributed by atoms with Gasteiger partial charge in [0.25, 0.3) is 0 Å². The first-order chi connectivity index (χ1) is 12.8. The molecule has 0 aliphatic carbocycles. The third-order valence-electron chi connectivity index (χ3n) is 3.78. The third kappa shape index (κ3) is 5.36. The molecule has 3 aromatic rings. The van der Waals surface area contributed by atoms with E-state index in [1.807, 2.05) is 30.3 Å². The summed E-state index contributed by atoms with van der Waals surface area (Å²) in [6.45, 7) is 3.54. The van der Waals surface area contributed by atoms with Gasteiger partial charge in [0.05, 0.1) is 10.9 Å². The van der Waals surface area contributed by atoms with E-state index in [4.69, 9.17) is 4.74 Å². The highest BCUT2D eigenvalue weighted by Gasteiger charge is 2.29. The first-order valence-corrected chi connectivity index (χ1v) is 11.5. The molecule has 2 nitrogen and oxygen atoms in total. The number of benzene rings is 3. The fourth-order valence-corrected chi connectivity index (χ4v) is 4.91. The van der Waals surface area contributed by atoms with Gasteiger partial charge in [-0.15, -0.1) is 0 Å². The van der Waals surface area contributed by atoms with E-state index in [0.717, 1.165) is 0 Å². The maximum atomic E-state index is 12.1. The lowest BCUT2D eigenvalue weighted by molar-refractivity contribution is -0.136. The summed E-state index contributed by atoms with van der Waals surface area (Å²) in [6.07, 6.45) is 0. The highest BCUT2D eigenvalue weighted by Crippen LogP contribution is 2.32. The summed E-state index contributed by atoms with van der Waals surface area (Å²) in [5, 5.41) is 0. The van der Waals surface area contributed by atoms with Crippen LogP contribution in [0, 0.1) is 3.57 Å². The maximum absolute atomic E-state index is 12.1. The molecule has 3 rings (SSSR count). The van der Waals surface area contributed by atoms with Crippen LogP contribution in [0.4, 0.5) is 0 Å². The maximum Gasteiger partial charge on any atom is 0.327 e. The lowest BCUT2D eigenvalue weighted by Gasteiger charge is -2.14. The Balaban J connectivity index is 1.93. The molecule has 0 bridgehead atoms. The van der Waals surface area contributed by atoms with Crippen LogP contribution < -0.4 is 4.74 Å². The Morgan fingerprint density at radius 2 is 1.33 bits per heavy atom. The predicted molar refractivity (Wildman–Crippen MR) is 123 cm³/mol. The molecule has 3 aromatic carbocycles. The molecule has 0 aliphatic rings. The van der Waals surface area contributed by atoms with Gasteiger partial charge in [-0.2, -0.15) is 0 Å². The van der Waals surface area contributed by atoms with Crippen molar-refractivity contribution in [3.8, 4) is 5.75 Å². The molecule has 0 heterocycles. The van der Waals surface area contributed by atoms with Gasteiger partial charge in [-0.25, -0.2) is 0 Å². The number of esters is 1. The highest BCUT2D eigenvalue weighted by molar-refractivity contribution is 14.1. The minimum atomic E-state index is -0.707. The highest BCUT2D eigenvalue weighted by atomic mass is 127. The fourth-order valence-electron chi connectivity index (χ4n) is 2.41. The molecular formula is C22H19BrIO2S+. The lowest BCUT2D eigenvalue weighted by Crippen LogP contribution is -2.29. The number of carbonyl (C=O) groups excluding carboxylic acids is 1.